The topological polar surface area (TPSA) is 63.6 Å². The van der Waals surface area contributed by atoms with E-state index >= 15 is 0 Å². The summed E-state index contributed by atoms with van der Waals surface area (Å²) in [6.45, 7) is 4.10. The number of carboxylic acids is 1. The van der Waals surface area contributed by atoms with Gasteiger partial charge >= 0.3 is 11.9 Å². The molecule has 1 N–H and O–H groups in total. The molecule has 4 heteroatoms. The van der Waals surface area contributed by atoms with Crippen molar-refractivity contribution in [1.29, 1.82) is 0 Å². The maximum absolute atomic E-state index is 11.6. The zero-order valence-corrected chi connectivity index (χ0v) is 10.6. The molecule has 1 atom stereocenters. The third-order valence-corrected chi connectivity index (χ3v) is 3.75. The molecule has 98 valence electrons. The highest BCUT2D eigenvalue weighted by Crippen LogP contribution is 2.35. The molecule has 1 aliphatic carbocycles. The van der Waals surface area contributed by atoms with Gasteiger partial charge in [-0.15, -0.1) is 0 Å². The van der Waals surface area contributed by atoms with Gasteiger partial charge in [-0.05, 0) is 31.6 Å². The molecule has 0 aromatic rings. The minimum Gasteiger partial charge on any atom is -0.481 e. The largest absolute Gasteiger partial charge is 0.481 e. The average Bonchev–Trinajstić information content (AvgIpc) is 2.30. The van der Waals surface area contributed by atoms with Crippen molar-refractivity contribution < 1.29 is 19.4 Å². The first-order chi connectivity index (χ1) is 8.10. The van der Waals surface area contributed by atoms with Crippen LogP contribution in [-0.4, -0.2) is 23.7 Å². The number of ether oxygens (including phenoxy) is 1. The van der Waals surface area contributed by atoms with E-state index in [9.17, 15) is 9.59 Å². The number of hydrogen-bond acceptors (Lipinski definition) is 3. The van der Waals surface area contributed by atoms with Crippen molar-refractivity contribution in [2.24, 2.45) is 17.8 Å². The van der Waals surface area contributed by atoms with Crippen LogP contribution in [0.3, 0.4) is 0 Å². The highest BCUT2D eigenvalue weighted by atomic mass is 16.5. The second kappa shape index (κ2) is 6.62. The van der Waals surface area contributed by atoms with E-state index in [4.69, 9.17) is 9.84 Å². The minimum absolute atomic E-state index is 0.0469. The summed E-state index contributed by atoms with van der Waals surface area (Å²) in [5, 5.41) is 9.14. The number of hydrogen-bond donors (Lipinski definition) is 1. The van der Waals surface area contributed by atoms with Gasteiger partial charge in [-0.25, -0.2) is 0 Å². The van der Waals surface area contributed by atoms with E-state index in [0.717, 1.165) is 32.1 Å². The molecule has 0 saturated heterocycles. The number of carbonyl (C=O) groups is 2. The highest BCUT2D eigenvalue weighted by molar-refractivity contribution is 5.94. The van der Waals surface area contributed by atoms with Crippen molar-refractivity contribution in [3.05, 3.63) is 0 Å². The van der Waals surface area contributed by atoms with Crippen molar-refractivity contribution in [3.63, 3.8) is 0 Å². The number of aliphatic carboxylic acids is 1. The van der Waals surface area contributed by atoms with Gasteiger partial charge in [-0.3, -0.25) is 9.59 Å². The summed E-state index contributed by atoms with van der Waals surface area (Å²) in [5.41, 5.74) is 0. The van der Waals surface area contributed by atoms with Crippen LogP contribution in [0.15, 0.2) is 0 Å². The fraction of sp³-hybridized carbons (Fsp3) is 0.846. The summed E-state index contributed by atoms with van der Waals surface area (Å²) < 4.78 is 4.85. The zero-order valence-electron chi connectivity index (χ0n) is 10.6. The zero-order chi connectivity index (χ0) is 12.8. The minimum atomic E-state index is -1.04. The van der Waals surface area contributed by atoms with Gasteiger partial charge in [0.15, 0.2) is 5.92 Å². The molecule has 0 amide bonds. The third kappa shape index (κ3) is 3.72. The molecule has 0 aromatic heterocycles. The van der Waals surface area contributed by atoms with Crippen LogP contribution >= 0.6 is 0 Å². The van der Waals surface area contributed by atoms with Crippen molar-refractivity contribution in [2.75, 3.05) is 6.61 Å². The van der Waals surface area contributed by atoms with Crippen molar-refractivity contribution in [1.82, 2.24) is 0 Å². The van der Waals surface area contributed by atoms with Crippen LogP contribution in [0.2, 0.25) is 0 Å². The standard InChI is InChI=1S/C13H22O4/c1-3-9-5-7-10(8-6-9)11(12(14)15)13(16)17-4-2/h9-11H,3-8H2,1-2H3,(H,14,15). The number of carboxylic acid groups (broad SMARTS) is 1. The molecule has 1 fully saturated rings. The summed E-state index contributed by atoms with van der Waals surface area (Å²) in [4.78, 5) is 22.8. The molecule has 1 aliphatic rings. The highest BCUT2D eigenvalue weighted by Gasteiger charge is 2.37. The lowest BCUT2D eigenvalue weighted by atomic mass is 9.75. The number of esters is 1. The van der Waals surface area contributed by atoms with Crippen molar-refractivity contribution in [2.45, 2.75) is 46.0 Å². The number of rotatable bonds is 5. The predicted octanol–water partition coefficient (Wildman–Crippen LogP) is 2.47. The van der Waals surface area contributed by atoms with Crippen molar-refractivity contribution in [3.8, 4) is 0 Å². The molecule has 0 radical (unpaired) electrons. The lowest BCUT2D eigenvalue weighted by Gasteiger charge is -2.30. The quantitative estimate of drug-likeness (QED) is 0.594. The lowest BCUT2D eigenvalue weighted by Crippen LogP contribution is -2.35. The maximum Gasteiger partial charge on any atom is 0.320 e. The van der Waals surface area contributed by atoms with Crippen LogP contribution in [0, 0.1) is 17.8 Å². The van der Waals surface area contributed by atoms with Gasteiger partial charge < -0.3 is 9.84 Å². The number of carbonyl (C=O) groups excluding carboxylic acids is 1. The smallest absolute Gasteiger partial charge is 0.320 e. The second-order valence-electron chi connectivity index (χ2n) is 4.76. The van der Waals surface area contributed by atoms with E-state index in [0.29, 0.717) is 5.92 Å². The molecule has 0 spiro atoms. The van der Waals surface area contributed by atoms with Gasteiger partial charge in [0, 0.05) is 0 Å². The molecule has 17 heavy (non-hydrogen) atoms. The van der Waals surface area contributed by atoms with Crippen LogP contribution in [0.5, 0.6) is 0 Å². The molecule has 0 aliphatic heterocycles. The van der Waals surface area contributed by atoms with E-state index in [1.807, 2.05) is 0 Å². The Kier molecular flexibility index (Phi) is 5.45. The molecule has 4 nitrogen and oxygen atoms in total. The first kappa shape index (κ1) is 14.0. The van der Waals surface area contributed by atoms with E-state index in [-0.39, 0.29) is 12.5 Å². The SMILES string of the molecule is CCOC(=O)C(C(=O)O)C1CCC(CC)CC1. The molecule has 0 heterocycles. The lowest BCUT2D eigenvalue weighted by molar-refractivity contribution is -0.161. The Balaban J connectivity index is 2.60. The molecule has 0 aromatic carbocycles. The van der Waals surface area contributed by atoms with Crippen LogP contribution in [0.4, 0.5) is 0 Å². The van der Waals surface area contributed by atoms with Crippen LogP contribution in [0.25, 0.3) is 0 Å². The van der Waals surface area contributed by atoms with E-state index in [1.165, 1.54) is 0 Å². The maximum atomic E-state index is 11.6. The third-order valence-electron chi connectivity index (χ3n) is 3.75. The summed E-state index contributed by atoms with van der Waals surface area (Å²) >= 11 is 0. The molecule has 1 saturated carbocycles. The summed E-state index contributed by atoms with van der Waals surface area (Å²) in [6, 6.07) is 0. The van der Waals surface area contributed by atoms with Gasteiger partial charge in [-0.1, -0.05) is 26.2 Å². The Bertz CT molecular complexity index is 267. The fourth-order valence-electron chi connectivity index (χ4n) is 2.66. The van der Waals surface area contributed by atoms with Crippen LogP contribution < -0.4 is 0 Å². The summed E-state index contributed by atoms with van der Waals surface area (Å²) in [5.74, 6) is -1.92. The molecule has 1 rings (SSSR count). The van der Waals surface area contributed by atoms with Gasteiger partial charge in [0.1, 0.15) is 0 Å². The van der Waals surface area contributed by atoms with Gasteiger partial charge in [0.2, 0.25) is 0 Å². The summed E-state index contributed by atoms with van der Waals surface area (Å²) in [6.07, 6.45) is 4.86. The Morgan fingerprint density at radius 3 is 2.24 bits per heavy atom. The van der Waals surface area contributed by atoms with Gasteiger partial charge in [0.05, 0.1) is 6.61 Å². The Hall–Kier alpha value is -1.06. The molecular weight excluding hydrogens is 220 g/mol. The normalized spacial score (nSPS) is 26.2. The van der Waals surface area contributed by atoms with Gasteiger partial charge in [0.25, 0.3) is 0 Å². The Morgan fingerprint density at radius 2 is 1.82 bits per heavy atom. The first-order valence-corrected chi connectivity index (χ1v) is 6.49. The predicted molar refractivity (Wildman–Crippen MR) is 63.5 cm³/mol. The average molecular weight is 242 g/mol. The van der Waals surface area contributed by atoms with E-state index in [2.05, 4.69) is 6.92 Å². The summed E-state index contributed by atoms with van der Waals surface area (Å²) in [7, 11) is 0. The molecule has 0 bridgehead atoms. The van der Waals surface area contributed by atoms with Crippen LogP contribution in [0.1, 0.15) is 46.0 Å². The first-order valence-electron chi connectivity index (χ1n) is 6.49. The monoisotopic (exact) mass is 242 g/mol. The Labute approximate surface area is 102 Å². The van der Waals surface area contributed by atoms with E-state index in [1.54, 1.807) is 6.92 Å². The Morgan fingerprint density at radius 1 is 1.24 bits per heavy atom. The fourth-order valence-corrected chi connectivity index (χ4v) is 2.66. The van der Waals surface area contributed by atoms with Crippen molar-refractivity contribution >= 4 is 11.9 Å². The molecule has 1 unspecified atom stereocenters. The van der Waals surface area contributed by atoms with Gasteiger partial charge in [-0.2, -0.15) is 0 Å². The second-order valence-corrected chi connectivity index (χ2v) is 4.76. The molecular formula is C13H22O4. The van der Waals surface area contributed by atoms with E-state index < -0.39 is 17.9 Å². The van der Waals surface area contributed by atoms with Crippen LogP contribution in [-0.2, 0) is 14.3 Å².